The molecule has 1 aliphatic rings. The topological polar surface area (TPSA) is 20.2 Å². The highest BCUT2D eigenvalue weighted by molar-refractivity contribution is 6.30. The molecule has 23 heavy (non-hydrogen) atoms. The third-order valence-corrected chi connectivity index (χ3v) is 4.74. The highest BCUT2D eigenvalue weighted by Gasteiger charge is 2.36. The van der Waals surface area contributed by atoms with Gasteiger partial charge in [-0.05, 0) is 42.2 Å². The van der Waals surface area contributed by atoms with Gasteiger partial charge in [-0.15, -0.1) is 11.6 Å². The van der Waals surface area contributed by atoms with E-state index in [9.17, 15) is 5.11 Å². The molecule has 2 atom stereocenters. The molecule has 0 spiro atoms. The molecule has 0 saturated carbocycles. The van der Waals surface area contributed by atoms with E-state index in [-0.39, 0.29) is 0 Å². The van der Waals surface area contributed by atoms with Gasteiger partial charge in [0.15, 0.2) is 0 Å². The summed E-state index contributed by atoms with van der Waals surface area (Å²) in [6.45, 7) is 1.96. The Hall–Kier alpha value is -1.54. The van der Waals surface area contributed by atoms with Gasteiger partial charge in [0.05, 0.1) is 4.87 Å². The van der Waals surface area contributed by atoms with Crippen LogP contribution in [0.1, 0.15) is 24.5 Å². The fourth-order valence-electron chi connectivity index (χ4n) is 2.85. The summed E-state index contributed by atoms with van der Waals surface area (Å²) < 4.78 is 0. The van der Waals surface area contributed by atoms with Crippen molar-refractivity contribution in [2.24, 2.45) is 0 Å². The van der Waals surface area contributed by atoms with Gasteiger partial charge in [-0.3, -0.25) is 0 Å². The van der Waals surface area contributed by atoms with Crippen LogP contribution in [0.2, 0.25) is 5.02 Å². The lowest BCUT2D eigenvalue weighted by Gasteiger charge is -2.34. The van der Waals surface area contributed by atoms with E-state index in [1.165, 1.54) is 0 Å². The molecule has 0 amide bonds. The monoisotopic (exact) mass is 344 g/mol. The Labute approximate surface area is 146 Å². The molecular weight excluding hydrogens is 327 g/mol. The minimum Gasteiger partial charge on any atom is -0.376 e. The SMILES string of the molecule is CC1(Cl)C=CC(C(O)(c2ccccc2)c2ccc(Cl)cc2)=CC1. The Morgan fingerprint density at radius 1 is 1.00 bits per heavy atom. The van der Waals surface area contributed by atoms with Crippen molar-refractivity contribution >= 4 is 23.2 Å². The van der Waals surface area contributed by atoms with Gasteiger partial charge in [-0.1, -0.05) is 72.3 Å². The molecule has 2 aromatic rings. The molecule has 0 bridgehead atoms. The normalized spacial score (nSPS) is 23.2. The summed E-state index contributed by atoms with van der Waals surface area (Å²) in [6.07, 6.45) is 6.53. The molecule has 1 nitrogen and oxygen atoms in total. The zero-order chi connectivity index (χ0) is 16.5. The molecule has 118 valence electrons. The first-order valence-electron chi connectivity index (χ1n) is 7.54. The minimum atomic E-state index is -1.23. The van der Waals surface area contributed by atoms with Crippen LogP contribution >= 0.6 is 23.2 Å². The number of halogens is 2. The molecule has 1 aliphatic carbocycles. The van der Waals surface area contributed by atoms with Crippen molar-refractivity contribution in [3.63, 3.8) is 0 Å². The third kappa shape index (κ3) is 3.23. The van der Waals surface area contributed by atoms with Crippen molar-refractivity contribution in [1.29, 1.82) is 0 Å². The van der Waals surface area contributed by atoms with Crippen molar-refractivity contribution in [3.8, 4) is 0 Å². The largest absolute Gasteiger partial charge is 0.376 e. The number of hydrogen-bond donors (Lipinski definition) is 1. The van der Waals surface area contributed by atoms with Crippen molar-refractivity contribution in [2.45, 2.75) is 23.8 Å². The summed E-state index contributed by atoms with van der Waals surface area (Å²) in [5, 5.41) is 12.3. The lowest BCUT2D eigenvalue weighted by atomic mass is 9.77. The Morgan fingerprint density at radius 3 is 2.17 bits per heavy atom. The van der Waals surface area contributed by atoms with E-state index in [0.29, 0.717) is 11.4 Å². The number of allylic oxidation sites excluding steroid dienone is 2. The van der Waals surface area contributed by atoms with Crippen LogP contribution in [0.25, 0.3) is 0 Å². The van der Waals surface area contributed by atoms with Gasteiger partial charge in [0.2, 0.25) is 0 Å². The first kappa shape index (κ1) is 16.3. The molecule has 2 unspecified atom stereocenters. The van der Waals surface area contributed by atoms with Crippen molar-refractivity contribution in [1.82, 2.24) is 0 Å². The van der Waals surface area contributed by atoms with E-state index in [1.54, 1.807) is 12.1 Å². The fraction of sp³-hybridized carbons (Fsp3) is 0.200. The lowest BCUT2D eigenvalue weighted by Crippen LogP contribution is -2.31. The highest BCUT2D eigenvalue weighted by Crippen LogP contribution is 2.41. The average Bonchev–Trinajstić information content (AvgIpc) is 2.55. The predicted octanol–water partition coefficient (Wildman–Crippen LogP) is 5.46. The van der Waals surface area contributed by atoms with Crippen molar-refractivity contribution < 1.29 is 5.11 Å². The molecule has 3 rings (SSSR count). The van der Waals surface area contributed by atoms with Gasteiger partial charge in [0.25, 0.3) is 0 Å². The summed E-state index contributed by atoms with van der Waals surface area (Å²) in [4.78, 5) is -0.402. The molecule has 0 aliphatic heterocycles. The van der Waals surface area contributed by atoms with Gasteiger partial charge in [-0.25, -0.2) is 0 Å². The van der Waals surface area contributed by atoms with E-state index in [2.05, 4.69) is 0 Å². The Bertz CT molecular complexity index is 745. The van der Waals surface area contributed by atoms with E-state index in [4.69, 9.17) is 23.2 Å². The summed E-state index contributed by atoms with van der Waals surface area (Å²) in [6, 6.07) is 17.0. The van der Waals surface area contributed by atoms with Crippen molar-refractivity contribution in [3.05, 3.63) is 94.5 Å². The van der Waals surface area contributed by atoms with Crippen LogP contribution in [0.4, 0.5) is 0 Å². The minimum absolute atomic E-state index is 0.402. The molecule has 2 aromatic carbocycles. The van der Waals surface area contributed by atoms with Crippen LogP contribution < -0.4 is 0 Å². The first-order chi connectivity index (χ1) is 10.9. The maximum atomic E-state index is 11.6. The van der Waals surface area contributed by atoms with E-state index in [0.717, 1.165) is 16.7 Å². The van der Waals surface area contributed by atoms with Crippen LogP contribution in [0, 0.1) is 0 Å². The summed E-state index contributed by atoms with van der Waals surface area (Å²) >= 11 is 12.4. The van der Waals surface area contributed by atoms with Crippen LogP contribution in [-0.4, -0.2) is 9.98 Å². The molecule has 0 aromatic heterocycles. The van der Waals surface area contributed by atoms with Crippen LogP contribution in [-0.2, 0) is 5.60 Å². The summed E-state index contributed by atoms with van der Waals surface area (Å²) in [7, 11) is 0. The maximum absolute atomic E-state index is 11.6. The second-order valence-corrected chi connectivity index (χ2v) is 7.36. The third-order valence-electron chi connectivity index (χ3n) is 4.20. The van der Waals surface area contributed by atoms with Gasteiger partial charge in [0.1, 0.15) is 5.60 Å². The van der Waals surface area contributed by atoms with E-state index < -0.39 is 10.5 Å². The second kappa shape index (κ2) is 6.16. The number of aliphatic hydroxyl groups is 1. The lowest BCUT2D eigenvalue weighted by molar-refractivity contribution is 0.124. The van der Waals surface area contributed by atoms with Crippen LogP contribution in [0.3, 0.4) is 0 Å². The molecule has 1 N–H and O–H groups in total. The van der Waals surface area contributed by atoms with E-state index in [1.807, 2.05) is 67.6 Å². The van der Waals surface area contributed by atoms with Gasteiger partial charge in [-0.2, -0.15) is 0 Å². The first-order valence-corrected chi connectivity index (χ1v) is 8.30. The Morgan fingerprint density at radius 2 is 1.61 bits per heavy atom. The number of hydrogen-bond acceptors (Lipinski definition) is 1. The number of alkyl halides is 1. The van der Waals surface area contributed by atoms with Crippen LogP contribution in [0.15, 0.2) is 78.4 Å². The fourth-order valence-corrected chi connectivity index (χ4v) is 3.11. The van der Waals surface area contributed by atoms with Crippen molar-refractivity contribution in [2.75, 3.05) is 0 Å². The summed E-state index contributed by atoms with van der Waals surface area (Å²) in [5.74, 6) is 0. The average molecular weight is 345 g/mol. The number of benzene rings is 2. The molecule has 0 fully saturated rings. The van der Waals surface area contributed by atoms with E-state index >= 15 is 0 Å². The van der Waals surface area contributed by atoms with Gasteiger partial charge >= 0.3 is 0 Å². The zero-order valence-corrected chi connectivity index (χ0v) is 14.4. The maximum Gasteiger partial charge on any atom is 0.140 e. The molecule has 0 radical (unpaired) electrons. The zero-order valence-electron chi connectivity index (χ0n) is 12.8. The van der Waals surface area contributed by atoms with Gasteiger partial charge < -0.3 is 5.11 Å². The molecular formula is C20H18Cl2O. The predicted molar refractivity (Wildman–Crippen MR) is 97.0 cm³/mol. The summed E-state index contributed by atoms with van der Waals surface area (Å²) in [5.41, 5.74) is 1.19. The second-order valence-electron chi connectivity index (χ2n) is 6.06. The smallest absolute Gasteiger partial charge is 0.140 e. The highest BCUT2D eigenvalue weighted by atomic mass is 35.5. The Kier molecular flexibility index (Phi) is 4.37. The molecule has 0 heterocycles. The Balaban J connectivity index is 2.14. The standard InChI is InChI=1S/C20H18Cl2O/c1-19(22)13-11-17(12-14-19)20(23,15-5-3-2-4-6-15)16-7-9-18(21)10-8-16/h2-13,23H,14H2,1H3. The quantitative estimate of drug-likeness (QED) is 0.733. The number of rotatable bonds is 3. The molecule has 0 saturated heterocycles. The molecule has 3 heteroatoms. The van der Waals surface area contributed by atoms with Crippen LogP contribution in [0.5, 0.6) is 0 Å². The van der Waals surface area contributed by atoms with Gasteiger partial charge in [0, 0.05) is 5.02 Å².